The zero-order chi connectivity index (χ0) is 15.2. The van der Waals surface area contributed by atoms with Crippen LogP contribution in [0.15, 0.2) is 35.4 Å². The van der Waals surface area contributed by atoms with Crippen molar-refractivity contribution in [2.45, 2.75) is 13.5 Å². The predicted molar refractivity (Wildman–Crippen MR) is 78.9 cm³/mol. The van der Waals surface area contributed by atoms with E-state index >= 15 is 0 Å². The van der Waals surface area contributed by atoms with Gasteiger partial charge >= 0.3 is 5.97 Å². The van der Waals surface area contributed by atoms with Crippen LogP contribution in [-0.2, 0) is 20.9 Å². The number of carbonyl (C=O) groups is 2. The minimum Gasteiger partial charge on any atom is -0.463 e. The van der Waals surface area contributed by atoms with Crippen LogP contribution in [0.25, 0.3) is 0 Å². The second kappa shape index (κ2) is 6.95. The minimum atomic E-state index is -0.445. The highest BCUT2D eigenvalue weighted by Gasteiger charge is 2.27. The number of hydrogen-bond acceptors (Lipinski definition) is 5. The van der Waals surface area contributed by atoms with Gasteiger partial charge in [0.2, 0.25) is 5.91 Å². The van der Waals surface area contributed by atoms with Gasteiger partial charge in [0.15, 0.2) is 0 Å². The highest BCUT2D eigenvalue weighted by molar-refractivity contribution is 8.04. The molecule has 6 heteroatoms. The van der Waals surface area contributed by atoms with Crippen molar-refractivity contribution in [3.63, 3.8) is 0 Å². The van der Waals surface area contributed by atoms with Crippen LogP contribution < -0.4 is 0 Å². The molecule has 1 fully saturated rings. The smallest absolute Gasteiger partial charge is 0.333 e. The van der Waals surface area contributed by atoms with Crippen LogP contribution in [0.3, 0.4) is 0 Å². The van der Waals surface area contributed by atoms with Gasteiger partial charge in [-0.05, 0) is 24.6 Å². The van der Waals surface area contributed by atoms with E-state index in [1.165, 1.54) is 17.8 Å². The number of esters is 1. The Bertz CT molecular complexity index is 617. The second-order valence-electron chi connectivity index (χ2n) is 4.31. The Labute approximate surface area is 127 Å². The third kappa shape index (κ3) is 3.86. The number of rotatable bonds is 4. The van der Waals surface area contributed by atoms with Crippen molar-refractivity contribution in [1.82, 2.24) is 4.90 Å². The molecule has 1 aliphatic heterocycles. The van der Waals surface area contributed by atoms with Crippen LogP contribution in [0.1, 0.15) is 18.1 Å². The van der Waals surface area contributed by atoms with Gasteiger partial charge in [-0.1, -0.05) is 23.9 Å². The van der Waals surface area contributed by atoms with Crippen molar-refractivity contribution in [3.05, 3.63) is 46.5 Å². The molecule has 0 aromatic heterocycles. The number of nitriles is 1. The lowest BCUT2D eigenvalue weighted by Crippen LogP contribution is -2.24. The zero-order valence-electron chi connectivity index (χ0n) is 11.5. The van der Waals surface area contributed by atoms with Crippen molar-refractivity contribution in [1.29, 1.82) is 5.26 Å². The summed E-state index contributed by atoms with van der Waals surface area (Å²) in [6.07, 6.45) is 1.35. The Morgan fingerprint density at radius 1 is 1.48 bits per heavy atom. The van der Waals surface area contributed by atoms with Crippen molar-refractivity contribution in [2.24, 2.45) is 0 Å². The van der Waals surface area contributed by atoms with Gasteiger partial charge in [-0.25, -0.2) is 4.79 Å². The molecule has 108 valence electrons. The topological polar surface area (TPSA) is 70.4 Å². The predicted octanol–water partition coefficient (Wildman–Crippen LogP) is 2.04. The van der Waals surface area contributed by atoms with Crippen molar-refractivity contribution in [2.75, 3.05) is 12.4 Å². The fraction of sp³-hybridized carbons (Fsp3) is 0.267. The molecule has 5 nitrogen and oxygen atoms in total. The lowest BCUT2D eigenvalue weighted by molar-refractivity contribution is -0.137. The quantitative estimate of drug-likeness (QED) is 0.629. The highest BCUT2D eigenvalue weighted by atomic mass is 32.2. The third-order valence-corrected chi connectivity index (χ3v) is 3.89. The molecule has 21 heavy (non-hydrogen) atoms. The van der Waals surface area contributed by atoms with E-state index in [0.29, 0.717) is 29.5 Å². The number of hydrogen-bond donors (Lipinski definition) is 0. The average molecular weight is 302 g/mol. The summed E-state index contributed by atoms with van der Waals surface area (Å²) in [5.41, 5.74) is 1.47. The lowest BCUT2D eigenvalue weighted by Gasteiger charge is -2.17. The highest BCUT2D eigenvalue weighted by Crippen LogP contribution is 2.30. The summed E-state index contributed by atoms with van der Waals surface area (Å²) in [5.74, 6) is -0.166. The minimum absolute atomic E-state index is 0.0418. The molecule has 0 N–H and O–H groups in total. The van der Waals surface area contributed by atoms with Crippen LogP contribution in [0.4, 0.5) is 0 Å². The lowest BCUT2D eigenvalue weighted by atomic mass is 10.1. The Balaban J connectivity index is 2.13. The van der Waals surface area contributed by atoms with E-state index in [2.05, 4.69) is 0 Å². The van der Waals surface area contributed by atoms with E-state index in [0.717, 1.165) is 5.56 Å². The van der Waals surface area contributed by atoms with Crippen LogP contribution in [0, 0.1) is 11.3 Å². The van der Waals surface area contributed by atoms with Gasteiger partial charge in [-0.15, -0.1) is 0 Å². The molecule has 1 amide bonds. The number of carbonyl (C=O) groups excluding carboxylic acids is 2. The normalized spacial score (nSPS) is 16.1. The molecule has 1 aromatic carbocycles. The summed E-state index contributed by atoms with van der Waals surface area (Å²) in [7, 11) is 0. The van der Waals surface area contributed by atoms with E-state index in [1.54, 1.807) is 36.1 Å². The Morgan fingerprint density at radius 3 is 2.81 bits per heavy atom. The van der Waals surface area contributed by atoms with Gasteiger partial charge < -0.3 is 9.64 Å². The van der Waals surface area contributed by atoms with E-state index in [1.807, 2.05) is 6.07 Å². The van der Waals surface area contributed by atoms with Crippen molar-refractivity contribution >= 4 is 23.6 Å². The fourth-order valence-corrected chi connectivity index (χ4v) is 2.78. The maximum atomic E-state index is 11.9. The van der Waals surface area contributed by atoms with Gasteiger partial charge in [0.25, 0.3) is 0 Å². The molecule has 0 bridgehead atoms. The van der Waals surface area contributed by atoms with Gasteiger partial charge in [-0.2, -0.15) is 5.26 Å². The summed E-state index contributed by atoms with van der Waals surface area (Å²) < 4.78 is 4.87. The molecule has 1 heterocycles. The van der Waals surface area contributed by atoms with Gasteiger partial charge in [0.1, 0.15) is 0 Å². The van der Waals surface area contributed by atoms with Crippen LogP contribution in [0.5, 0.6) is 0 Å². The number of thioether (sulfide) groups is 1. The summed E-state index contributed by atoms with van der Waals surface area (Å²) in [5, 5.41) is 9.37. The molecule has 0 radical (unpaired) electrons. The summed E-state index contributed by atoms with van der Waals surface area (Å²) in [6, 6.07) is 9.07. The fourth-order valence-electron chi connectivity index (χ4n) is 1.85. The molecule has 2 rings (SSSR count). The monoisotopic (exact) mass is 302 g/mol. The molecular formula is C15H14N2O3S. The molecular weight excluding hydrogens is 288 g/mol. The van der Waals surface area contributed by atoms with E-state index < -0.39 is 5.97 Å². The van der Waals surface area contributed by atoms with Crippen molar-refractivity contribution in [3.8, 4) is 6.07 Å². The van der Waals surface area contributed by atoms with Gasteiger partial charge in [0.05, 0.1) is 41.6 Å². The number of benzene rings is 1. The summed E-state index contributed by atoms with van der Waals surface area (Å²) >= 11 is 1.32. The molecule has 0 aliphatic carbocycles. The third-order valence-electron chi connectivity index (χ3n) is 2.86. The Hall–Kier alpha value is -2.26. The second-order valence-corrected chi connectivity index (χ2v) is 5.31. The van der Waals surface area contributed by atoms with Crippen LogP contribution in [0.2, 0.25) is 0 Å². The SMILES string of the molecule is CCOC(=O)/C=C1\SCC(=O)N1Cc1ccc(C#N)cc1. The van der Waals surface area contributed by atoms with E-state index in [4.69, 9.17) is 10.00 Å². The number of amides is 1. The molecule has 1 aromatic rings. The average Bonchev–Trinajstić information content (AvgIpc) is 2.81. The van der Waals surface area contributed by atoms with E-state index in [-0.39, 0.29) is 5.91 Å². The maximum absolute atomic E-state index is 11.9. The first kappa shape index (κ1) is 15.1. The van der Waals surface area contributed by atoms with Crippen molar-refractivity contribution < 1.29 is 14.3 Å². The standard InChI is InChI=1S/C15H14N2O3S/c1-2-20-15(19)7-14-17(13(18)10-21-14)9-12-5-3-11(8-16)4-6-12/h3-7H,2,9-10H2,1H3/b14-7-. The molecule has 0 atom stereocenters. The summed E-state index contributed by atoms with van der Waals surface area (Å²) in [6.45, 7) is 2.41. The van der Waals surface area contributed by atoms with Gasteiger partial charge in [-0.3, -0.25) is 4.79 Å². The Morgan fingerprint density at radius 2 is 2.19 bits per heavy atom. The van der Waals surface area contributed by atoms with Crippen LogP contribution >= 0.6 is 11.8 Å². The van der Waals surface area contributed by atoms with Crippen LogP contribution in [-0.4, -0.2) is 29.1 Å². The number of nitrogens with zero attached hydrogens (tertiary/aromatic N) is 2. The molecule has 0 saturated carbocycles. The largest absolute Gasteiger partial charge is 0.463 e. The zero-order valence-corrected chi connectivity index (χ0v) is 12.4. The Kier molecular flexibility index (Phi) is 5.01. The van der Waals surface area contributed by atoms with E-state index in [9.17, 15) is 9.59 Å². The first-order valence-electron chi connectivity index (χ1n) is 6.44. The summed E-state index contributed by atoms with van der Waals surface area (Å²) in [4.78, 5) is 25.0. The van der Waals surface area contributed by atoms with Gasteiger partial charge in [0, 0.05) is 0 Å². The molecule has 0 unspecified atom stereocenters. The molecule has 1 aliphatic rings. The molecule has 1 saturated heterocycles. The molecule has 0 spiro atoms. The first-order valence-corrected chi connectivity index (χ1v) is 7.43. The first-order chi connectivity index (χ1) is 10.1. The maximum Gasteiger partial charge on any atom is 0.333 e. The number of ether oxygens (including phenoxy) is 1.